The van der Waals surface area contributed by atoms with Crippen LogP contribution in [0.1, 0.15) is 42.5 Å². The van der Waals surface area contributed by atoms with E-state index < -0.39 is 0 Å². The maximum atomic E-state index is 3.42. The van der Waals surface area contributed by atoms with Crippen molar-refractivity contribution in [2.45, 2.75) is 45.2 Å². The van der Waals surface area contributed by atoms with Crippen molar-refractivity contribution < 1.29 is 0 Å². The van der Waals surface area contributed by atoms with E-state index >= 15 is 0 Å². The van der Waals surface area contributed by atoms with Crippen molar-refractivity contribution in [2.75, 3.05) is 20.1 Å². The van der Waals surface area contributed by atoms with Crippen LogP contribution in [-0.4, -0.2) is 31.1 Å². The van der Waals surface area contributed by atoms with E-state index in [9.17, 15) is 0 Å². The fraction of sp³-hybridized carbons (Fsp3) is 0.714. The van der Waals surface area contributed by atoms with Crippen molar-refractivity contribution in [2.24, 2.45) is 0 Å². The van der Waals surface area contributed by atoms with Gasteiger partial charge in [0.2, 0.25) is 0 Å². The highest BCUT2D eigenvalue weighted by Crippen LogP contribution is 2.29. The average molecular weight is 252 g/mol. The van der Waals surface area contributed by atoms with Crippen molar-refractivity contribution in [3.05, 3.63) is 21.9 Å². The molecule has 96 valence electrons. The SMILES string of the molecule is CCc1ccc(C(C)N2CCCC(NC)C2)s1. The maximum Gasteiger partial charge on any atom is 0.0414 e. The van der Waals surface area contributed by atoms with Gasteiger partial charge >= 0.3 is 0 Å². The van der Waals surface area contributed by atoms with Crippen LogP contribution in [0.5, 0.6) is 0 Å². The first kappa shape index (κ1) is 13.1. The summed E-state index contributed by atoms with van der Waals surface area (Å²) in [5.41, 5.74) is 0. The van der Waals surface area contributed by atoms with E-state index in [0.29, 0.717) is 12.1 Å². The fourth-order valence-corrected chi connectivity index (χ4v) is 3.62. The number of piperidine rings is 1. The molecular formula is C14H24N2S. The Balaban J connectivity index is 2.00. The molecule has 2 unspecified atom stereocenters. The molecule has 3 heteroatoms. The molecular weight excluding hydrogens is 228 g/mol. The average Bonchev–Trinajstić information content (AvgIpc) is 2.86. The lowest BCUT2D eigenvalue weighted by Gasteiger charge is -2.36. The van der Waals surface area contributed by atoms with Crippen molar-refractivity contribution >= 4 is 11.3 Å². The van der Waals surface area contributed by atoms with E-state index in [1.54, 1.807) is 0 Å². The molecule has 1 aliphatic rings. The highest BCUT2D eigenvalue weighted by Gasteiger charge is 2.24. The minimum absolute atomic E-state index is 0.580. The summed E-state index contributed by atoms with van der Waals surface area (Å²) in [7, 11) is 2.08. The van der Waals surface area contributed by atoms with E-state index in [1.807, 2.05) is 11.3 Å². The molecule has 0 aromatic carbocycles. The standard InChI is InChI=1S/C14H24N2S/c1-4-13-7-8-14(17-13)11(2)16-9-5-6-12(10-16)15-3/h7-8,11-12,15H,4-6,9-10H2,1-3H3. The van der Waals surface area contributed by atoms with Crippen molar-refractivity contribution in [1.82, 2.24) is 10.2 Å². The molecule has 1 fully saturated rings. The summed E-state index contributed by atoms with van der Waals surface area (Å²) in [5.74, 6) is 0. The minimum atomic E-state index is 0.580. The van der Waals surface area contributed by atoms with Gasteiger partial charge in [-0.25, -0.2) is 0 Å². The summed E-state index contributed by atoms with van der Waals surface area (Å²) in [6.07, 6.45) is 3.81. The molecule has 0 spiro atoms. The van der Waals surface area contributed by atoms with Gasteiger partial charge in [-0.05, 0) is 51.9 Å². The molecule has 1 aromatic rings. The second-order valence-corrected chi connectivity index (χ2v) is 6.16. The Morgan fingerprint density at radius 3 is 3.00 bits per heavy atom. The van der Waals surface area contributed by atoms with Gasteiger partial charge in [-0.1, -0.05) is 6.92 Å². The van der Waals surface area contributed by atoms with Gasteiger partial charge in [-0.15, -0.1) is 11.3 Å². The number of rotatable bonds is 4. The number of nitrogens with zero attached hydrogens (tertiary/aromatic N) is 1. The molecule has 0 aliphatic carbocycles. The summed E-state index contributed by atoms with van der Waals surface area (Å²) in [6.45, 7) is 7.03. The Kier molecular flexibility index (Phi) is 4.60. The van der Waals surface area contributed by atoms with Crippen LogP contribution >= 0.6 is 11.3 Å². The monoisotopic (exact) mass is 252 g/mol. The molecule has 1 N–H and O–H groups in total. The molecule has 0 saturated carbocycles. The highest BCUT2D eigenvalue weighted by atomic mass is 32.1. The van der Waals surface area contributed by atoms with Gasteiger partial charge in [0.15, 0.2) is 0 Å². The molecule has 2 atom stereocenters. The lowest BCUT2D eigenvalue weighted by Crippen LogP contribution is -2.45. The molecule has 2 heterocycles. The lowest BCUT2D eigenvalue weighted by molar-refractivity contribution is 0.151. The molecule has 17 heavy (non-hydrogen) atoms. The molecule has 1 aliphatic heterocycles. The van der Waals surface area contributed by atoms with Crippen LogP contribution in [0.4, 0.5) is 0 Å². The second-order valence-electron chi connectivity index (χ2n) is 4.96. The van der Waals surface area contributed by atoms with E-state index in [-0.39, 0.29) is 0 Å². The number of thiophene rings is 1. The second kappa shape index (κ2) is 5.98. The zero-order valence-electron chi connectivity index (χ0n) is 11.2. The Hall–Kier alpha value is -0.380. The van der Waals surface area contributed by atoms with Crippen molar-refractivity contribution in [3.63, 3.8) is 0 Å². The molecule has 1 saturated heterocycles. The van der Waals surface area contributed by atoms with Gasteiger partial charge in [-0.2, -0.15) is 0 Å². The Morgan fingerprint density at radius 2 is 2.35 bits per heavy atom. The lowest BCUT2D eigenvalue weighted by atomic mass is 10.0. The summed E-state index contributed by atoms with van der Waals surface area (Å²) < 4.78 is 0. The number of hydrogen-bond donors (Lipinski definition) is 1. The number of hydrogen-bond acceptors (Lipinski definition) is 3. The van der Waals surface area contributed by atoms with Gasteiger partial charge in [0, 0.05) is 28.4 Å². The Labute approximate surface area is 109 Å². The zero-order valence-corrected chi connectivity index (χ0v) is 12.0. The predicted octanol–water partition coefficient (Wildman–Crippen LogP) is 3.06. The molecule has 0 radical (unpaired) electrons. The molecule has 0 bridgehead atoms. The van der Waals surface area contributed by atoms with Crippen molar-refractivity contribution in [3.8, 4) is 0 Å². The van der Waals surface area contributed by atoms with Crippen molar-refractivity contribution in [1.29, 1.82) is 0 Å². The first-order valence-corrected chi connectivity index (χ1v) is 7.56. The minimum Gasteiger partial charge on any atom is -0.316 e. The van der Waals surface area contributed by atoms with Crippen LogP contribution in [0, 0.1) is 0 Å². The third-order valence-corrected chi connectivity index (χ3v) is 5.25. The number of likely N-dealkylation sites (tertiary alicyclic amines) is 1. The molecule has 2 rings (SSSR count). The van der Waals surface area contributed by atoms with Gasteiger partial charge < -0.3 is 5.32 Å². The third-order valence-electron chi connectivity index (χ3n) is 3.85. The maximum absolute atomic E-state index is 3.42. The number of nitrogens with one attached hydrogen (secondary N) is 1. The van der Waals surface area contributed by atoms with E-state index in [2.05, 4.69) is 43.2 Å². The molecule has 1 aromatic heterocycles. The Bertz CT molecular complexity index is 348. The van der Waals surface area contributed by atoms with Crippen LogP contribution in [0.2, 0.25) is 0 Å². The van der Waals surface area contributed by atoms with Gasteiger partial charge in [0.25, 0.3) is 0 Å². The largest absolute Gasteiger partial charge is 0.316 e. The number of aryl methyl sites for hydroxylation is 1. The number of likely N-dealkylation sites (N-methyl/N-ethyl adjacent to an activating group) is 1. The smallest absolute Gasteiger partial charge is 0.0414 e. The normalized spacial score (nSPS) is 23.8. The van der Waals surface area contributed by atoms with Crippen LogP contribution in [0.25, 0.3) is 0 Å². The molecule has 0 amide bonds. The van der Waals surface area contributed by atoms with E-state index in [4.69, 9.17) is 0 Å². The first-order valence-electron chi connectivity index (χ1n) is 6.74. The van der Waals surface area contributed by atoms with Crippen LogP contribution in [0.3, 0.4) is 0 Å². The summed E-state index contributed by atoms with van der Waals surface area (Å²) in [4.78, 5) is 5.66. The van der Waals surface area contributed by atoms with Crippen LogP contribution in [-0.2, 0) is 6.42 Å². The zero-order chi connectivity index (χ0) is 12.3. The third kappa shape index (κ3) is 3.09. The summed E-state index contributed by atoms with van der Waals surface area (Å²) >= 11 is 1.98. The van der Waals surface area contributed by atoms with E-state index in [1.165, 1.54) is 35.7 Å². The van der Waals surface area contributed by atoms with Gasteiger partial charge in [0.1, 0.15) is 0 Å². The Morgan fingerprint density at radius 1 is 1.53 bits per heavy atom. The molecule has 2 nitrogen and oxygen atoms in total. The predicted molar refractivity (Wildman–Crippen MR) is 75.8 cm³/mol. The highest BCUT2D eigenvalue weighted by molar-refractivity contribution is 7.12. The van der Waals surface area contributed by atoms with Crippen LogP contribution in [0.15, 0.2) is 12.1 Å². The van der Waals surface area contributed by atoms with Gasteiger partial charge in [-0.3, -0.25) is 4.90 Å². The quantitative estimate of drug-likeness (QED) is 0.886. The van der Waals surface area contributed by atoms with Crippen LogP contribution < -0.4 is 5.32 Å². The topological polar surface area (TPSA) is 15.3 Å². The first-order chi connectivity index (χ1) is 8.24. The van der Waals surface area contributed by atoms with E-state index in [0.717, 1.165) is 6.42 Å². The summed E-state index contributed by atoms with van der Waals surface area (Å²) in [6, 6.07) is 5.86. The van der Waals surface area contributed by atoms with Gasteiger partial charge in [0.05, 0.1) is 0 Å². The summed E-state index contributed by atoms with van der Waals surface area (Å²) in [5, 5.41) is 3.42. The fourth-order valence-electron chi connectivity index (χ4n) is 2.58.